The van der Waals surface area contributed by atoms with Gasteiger partial charge in [-0.1, -0.05) is 206 Å². The fourth-order valence-electron chi connectivity index (χ4n) is 15.3. The Bertz CT molecular complexity index is 5780. The van der Waals surface area contributed by atoms with Gasteiger partial charge in [-0.3, -0.25) is 0 Å². The molecule has 19 rings (SSSR count). The molecular weight excluding hydrogens is 1170 g/mol. The van der Waals surface area contributed by atoms with Gasteiger partial charge in [0.05, 0.1) is 55.5 Å². The number of benzene rings is 15. The summed E-state index contributed by atoms with van der Waals surface area (Å²) in [4.78, 5) is 4.87. The molecule has 0 fully saturated rings. The van der Waals surface area contributed by atoms with Gasteiger partial charge in [-0.2, -0.15) is 0 Å². The minimum absolute atomic E-state index is 1.09. The zero-order valence-corrected chi connectivity index (χ0v) is 52.3. The largest absolute Gasteiger partial charge is 0.310 e. The Balaban J connectivity index is 0.643. The molecule has 0 aliphatic rings. The van der Waals surface area contributed by atoms with Crippen molar-refractivity contribution in [2.45, 2.75) is 0 Å². The summed E-state index contributed by atoms with van der Waals surface area (Å²) in [7, 11) is 0. The summed E-state index contributed by atoms with van der Waals surface area (Å²) >= 11 is 0. The van der Waals surface area contributed by atoms with Crippen molar-refractivity contribution in [3.8, 4) is 45.0 Å². The molecule has 0 unspecified atom stereocenters. The van der Waals surface area contributed by atoms with E-state index in [-0.39, 0.29) is 0 Å². The lowest BCUT2D eigenvalue weighted by atomic mass is 10.00. The molecule has 4 aromatic heterocycles. The van der Waals surface area contributed by atoms with E-state index in [1.165, 1.54) is 76.3 Å². The highest BCUT2D eigenvalue weighted by molar-refractivity contribution is 6.19. The number of hydrogen-bond acceptors (Lipinski definition) is 2. The van der Waals surface area contributed by atoms with Crippen molar-refractivity contribution in [1.82, 2.24) is 18.3 Å². The topological polar surface area (TPSA) is 26.2 Å². The van der Waals surface area contributed by atoms with E-state index in [9.17, 15) is 0 Å². The molecule has 0 amide bonds. The Morgan fingerprint density at radius 3 is 0.812 bits per heavy atom. The molecule has 0 aliphatic carbocycles. The van der Waals surface area contributed by atoms with Crippen molar-refractivity contribution < 1.29 is 0 Å². The lowest BCUT2D eigenvalue weighted by Gasteiger charge is -2.26. The van der Waals surface area contributed by atoms with E-state index in [1.54, 1.807) is 0 Å². The monoisotopic (exact) mass is 1220 g/mol. The number of rotatable bonds is 12. The van der Waals surface area contributed by atoms with E-state index in [4.69, 9.17) is 0 Å². The molecule has 0 aliphatic heterocycles. The van der Waals surface area contributed by atoms with Crippen LogP contribution in [0.25, 0.3) is 132 Å². The SMILES string of the molecule is c1ccc(N(c2ccc3c(c2)c2ccccc2n3-c2ccccc2)c2cccc3c2c2ccccc2n3-c2ccc(-c3ccc(-c4ccc(-n5c6ccccc6c6c(N(c7ccccc7)c7ccc8c(c7)c7ccccc7n8-c7ccccc7)cccc65)cc4)cc3)cc2)cc1. The molecule has 0 atom stereocenters. The molecule has 450 valence electrons. The second-order valence-corrected chi connectivity index (χ2v) is 24.8. The third kappa shape index (κ3) is 8.80. The smallest absolute Gasteiger partial charge is 0.0562 e. The summed E-state index contributed by atoms with van der Waals surface area (Å²) < 4.78 is 9.62. The molecule has 0 bridgehead atoms. The number of nitrogens with zero attached hydrogens (tertiary/aromatic N) is 6. The Morgan fingerprint density at radius 1 is 0.167 bits per heavy atom. The maximum absolute atomic E-state index is 2.44. The minimum atomic E-state index is 1.09. The summed E-state index contributed by atoms with van der Waals surface area (Å²) in [5, 5.41) is 9.65. The number of fused-ring (bicyclic) bond motifs is 12. The number of anilines is 6. The van der Waals surface area contributed by atoms with Crippen LogP contribution < -0.4 is 9.80 Å². The van der Waals surface area contributed by atoms with Crippen molar-refractivity contribution in [1.29, 1.82) is 0 Å². The van der Waals surface area contributed by atoms with Crippen LogP contribution in [-0.4, -0.2) is 18.3 Å². The fourth-order valence-corrected chi connectivity index (χ4v) is 15.3. The first-order valence-corrected chi connectivity index (χ1v) is 32.9. The van der Waals surface area contributed by atoms with Gasteiger partial charge in [-0.05, 0) is 180 Å². The van der Waals surface area contributed by atoms with Crippen LogP contribution in [0.1, 0.15) is 0 Å². The molecule has 4 heterocycles. The lowest BCUT2D eigenvalue weighted by molar-refractivity contribution is 1.18. The number of hydrogen-bond donors (Lipinski definition) is 0. The van der Waals surface area contributed by atoms with Crippen molar-refractivity contribution in [3.63, 3.8) is 0 Å². The van der Waals surface area contributed by atoms with E-state index in [2.05, 4.69) is 392 Å². The normalized spacial score (nSPS) is 11.8. The second kappa shape index (κ2) is 22.4. The van der Waals surface area contributed by atoms with Gasteiger partial charge in [0, 0.05) is 88.6 Å². The van der Waals surface area contributed by atoms with Gasteiger partial charge in [0.1, 0.15) is 0 Å². The highest BCUT2D eigenvalue weighted by Crippen LogP contribution is 2.48. The summed E-state index contributed by atoms with van der Waals surface area (Å²) in [6.07, 6.45) is 0. The van der Waals surface area contributed by atoms with E-state index < -0.39 is 0 Å². The van der Waals surface area contributed by atoms with Crippen LogP contribution in [0.2, 0.25) is 0 Å². The maximum atomic E-state index is 2.44. The van der Waals surface area contributed by atoms with E-state index in [0.717, 1.165) is 90.1 Å². The van der Waals surface area contributed by atoms with Crippen molar-refractivity contribution in [3.05, 3.63) is 364 Å². The number of para-hydroxylation sites is 8. The first-order valence-electron chi connectivity index (χ1n) is 32.9. The predicted octanol–water partition coefficient (Wildman–Crippen LogP) is 24.3. The third-order valence-electron chi connectivity index (χ3n) is 19.5. The Labute approximate surface area is 555 Å². The predicted molar refractivity (Wildman–Crippen MR) is 404 cm³/mol. The van der Waals surface area contributed by atoms with Gasteiger partial charge >= 0.3 is 0 Å². The summed E-state index contributed by atoms with van der Waals surface area (Å²) in [6, 6.07) is 133. The summed E-state index contributed by atoms with van der Waals surface area (Å²) in [5.41, 5.74) is 25.1. The molecule has 0 saturated carbocycles. The van der Waals surface area contributed by atoms with Crippen molar-refractivity contribution in [2.75, 3.05) is 9.80 Å². The zero-order chi connectivity index (χ0) is 63.2. The Morgan fingerprint density at radius 2 is 0.438 bits per heavy atom. The Kier molecular flexibility index (Phi) is 12.8. The highest BCUT2D eigenvalue weighted by atomic mass is 15.2. The molecule has 6 heteroatoms. The summed E-state index contributed by atoms with van der Waals surface area (Å²) in [6.45, 7) is 0. The van der Waals surface area contributed by atoms with Gasteiger partial charge in [-0.25, -0.2) is 0 Å². The average molecular weight is 1230 g/mol. The zero-order valence-electron chi connectivity index (χ0n) is 52.3. The molecule has 6 nitrogen and oxygen atoms in total. The molecule has 0 radical (unpaired) electrons. The molecular formula is C90H60N6. The van der Waals surface area contributed by atoms with E-state index in [1.807, 2.05) is 0 Å². The molecule has 0 N–H and O–H groups in total. The Hall–Kier alpha value is -12.9. The third-order valence-corrected chi connectivity index (χ3v) is 19.5. The number of aromatic nitrogens is 4. The van der Waals surface area contributed by atoms with Gasteiger partial charge in [0.25, 0.3) is 0 Å². The standard InChI is InChI=1S/C90H60N6/c1-5-23-65(24-6-1)91(71-55-57-83-77(59-71)73-31-13-17-35-79(73)93(83)67-27-9-3-10-28-67)85-39-21-41-87-89(85)75-33-15-19-37-81(75)95(87)69-51-47-63(48-52-69)61-43-45-62(46-44-61)64-49-53-70(54-50-64)96-82-38-20-16-34-76(82)90-86(40-22-42-88(90)96)92(66-25-7-2-8-26-66)72-56-58-84-78(60-72)74-32-14-18-36-80(74)94(84)68-29-11-4-12-30-68/h1-60H. The van der Waals surface area contributed by atoms with Gasteiger partial charge in [-0.15, -0.1) is 0 Å². The molecule has 0 spiro atoms. The van der Waals surface area contributed by atoms with Crippen LogP contribution in [-0.2, 0) is 0 Å². The van der Waals surface area contributed by atoms with Crippen LogP contribution in [0.15, 0.2) is 364 Å². The van der Waals surface area contributed by atoms with Crippen LogP contribution in [0, 0.1) is 0 Å². The summed E-state index contributed by atoms with van der Waals surface area (Å²) in [5.74, 6) is 0. The van der Waals surface area contributed by atoms with Gasteiger partial charge in [0.2, 0.25) is 0 Å². The lowest BCUT2D eigenvalue weighted by Crippen LogP contribution is -2.10. The van der Waals surface area contributed by atoms with Gasteiger partial charge in [0.15, 0.2) is 0 Å². The first-order chi connectivity index (χ1) is 47.7. The van der Waals surface area contributed by atoms with Crippen molar-refractivity contribution >= 4 is 121 Å². The van der Waals surface area contributed by atoms with E-state index in [0.29, 0.717) is 0 Å². The quantitative estimate of drug-likeness (QED) is 0.122. The molecule has 15 aromatic carbocycles. The molecule has 19 aromatic rings. The van der Waals surface area contributed by atoms with Crippen LogP contribution in [0.4, 0.5) is 34.1 Å². The van der Waals surface area contributed by atoms with Crippen molar-refractivity contribution in [2.24, 2.45) is 0 Å². The first kappa shape index (κ1) is 54.8. The van der Waals surface area contributed by atoms with Gasteiger partial charge < -0.3 is 28.1 Å². The molecule has 96 heavy (non-hydrogen) atoms. The fraction of sp³-hybridized carbons (Fsp3) is 0. The minimum Gasteiger partial charge on any atom is -0.310 e. The van der Waals surface area contributed by atoms with Crippen LogP contribution >= 0.6 is 0 Å². The maximum Gasteiger partial charge on any atom is 0.0562 e. The second-order valence-electron chi connectivity index (χ2n) is 24.8. The van der Waals surface area contributed by atoms with Crippen LogP contribution in [0.5, 0.6) is 0 Å². The average Bonchev–Trinajstić information content (AvgIpc) is 1.58. The molecule has 0 saturated heterocycles. The highest BCUT2D eigenvalue weighted by Gasteiger charge is 2.25. The van der Waals surface area contributed by atoms with E-state index >= 15 is 0 Å². The van der Waals surface area contributed by atoms with Crippen LogP contribution in [0.3, 0.4) is 0 Å².